The van der Waals surface area contributed by atoms with Crippen molar-refractivity contribution in [1.82, 2.24) is 4.90 Å². The number of piperazine rings is 1. The molecule has 1 saturated heterocycles. The molecule has 1 aliphatic heterocycles. The molecule has 3 rings (SSSR count). The first-order valence-electron chi connectivity index (χ1n) is 8.31. The van der Waals surface area contributed by atoms with Gasteiger partial charge in [-0.1, -0.05) is 0 Å². The Kier molecular flexibility index (Phi) is 5.98. The first kappa shape index (κ1) is 18.5. The Hall–Kier alpha value is -2.28. The van der Waals surface area contributed by atoms with Crippen molar-refractivity contribution >= 4 is 23.4 Å². The molecule has 2 aromatic carbocycles. The summed E-state index contributed by atoms with van der Waals surface area (Å²) >= 11 is 1.03. The Morgan fingerprint density at radius 1 is 1.08 bits per heavy atom. The third kappa shape index (κ3) is 4.46. The zero-order chi connectivity index (χ0) is 18.5. The molecule has 4 nitrogen and oxygen atoms in total. The van der Waals surface area contributed by atoms with E-state index in [-0.39, 0.29) is 16.6 Å². The van der Waals surface area contributed by atoms with Crippen molar-refractivity contribution in [2.24, 2.45) is 0 Å². The number of rotatable bonds is 5. The highest BCUT2D eigenvalue weighted by Gasteiger charge is 2.21. The van der Waals surface area contributed by atoms with Crippen molar-refractivity contribution in [1.29, 1.82) is 0 Å². The van der Waals surface area contributed by atoms with Crippen molar-refractivity contribution in [2.75, 3.05) is 43.9 Å². The van der Waals surface area contributed by atoms with Gasteiger partial charge < -0.3 is 14.5 Å². The lowest BCUT2D eigenvalue weighted by atomic mass is 10.2. The molecule has 1 aliphatic rings. The van der Waals surface area contributed by atoms with E-state index in [1.165, 1.54) is 0 Å². The highest BCUT2D eigenvalue weighted by molar-refractivity contribution is 8.00. The van der Waals surface area contributed by atoms with Crippen molar-refractivity contribution in [3.05, 3.63) is 54.1 Å². The largest absolute Gasteiger partial charge is 0.497 e. The predicted molar refractivity (Wildman–Crippen MR) is 98.9 cm³/mol. The van der Waals surface area contributed by atoms with Crippen LogP contribution in [0.1, 0.15) is 0 Å². The number of halogens is 2. The Morgan fingerprint density at radius 3 is 2.42 bits per heavy atom. The molecule has 138 valence electrons. The molecule has 1 heterocycles. The lowest BCUT2D eigenvalue weighted by Crippen LogP contribution is -2.49. The quantitative estimate of drug-likeness (QED) is 0.747. The van der Waals surface area contributed by atoms with E-state index in [1.807, 2.05) is 24.3 Å². The summed E-state index contributed by atoms with van der Waals surface area (Å²) in [7, 11) is 1.63. The van der Waals surface area contributed by atoms with Crippen LogP contribution in [0.2, 0.25) is 0 Å². The number of methoxy groups -OCH3 is 1. The SMILES string of the molecule is COc1ccc(N2CCN(C(=O)CSc3cc(F)ccc3F)CC2)cc1. The Labute approximate surface area is 155 Å². The van der Waals surface area contributed by atoms with Gasteiger partial charge in [-0.15, -0.1) is 11.8 Å². The van der Waals surface area contributed by atoms with E-state index in [0.29, 0.717) is 13.1 Å². The Balaban J connectivity index is 1.50. The average Bonchev–Trinajstić information content (AvgIpc) is 2.68. The number of carbonyl (C=O) groups is 1. The topological polar surface area (TPSA) is 32.8 Å². The lowest BCUT2D eigenvalue weighted by Gasteiger charge is -2.36. The van der Waals surface area contributed by atoms with Gasteiger partial charge in [0.25, 0.3) is 0 Å². The summed E-state index contributed by atoms with van der Waals surface area (Å²) < 4.78 is 32.0. The summed E-state index contributed by atoms with van der Waals surface area (Å²) in [4.78, 5) is 16.5. The summed E-state index contributed by atoms with van der Waals surface area (Å²) in [5.74, 6) is -0.164. The van der Waals surface area contributed by atoms with E-state index >= 15 is 0 Å². The van der Waals surface area contributed by atoms with E-state index in [2.05, 4.69) is 4.90 Å². The number of thioether (sulfide) groups is 1. The molecular formula is C19H20F2N2O2S. The number of amides is 1. The van der Waals surface area contributed by atoms with Gasteiger partial charge in [0, 0.05) is 36.8 Å². The molecule has 0 atom stereocenters. The maximum Gasteiger partial charge on any atom is 0.233 e. The molecule has 26 heavy (non-hydrogen) atoms. The van der Waals surface area contributed by atoms with Gasteiger partial charge in [0.05, 0.1) is 12.9 Å². The molecule has 0 aromatic heterocycles. The zero-order valence-corrected chi connectivity index (χ0v) is 15.3. The van der Waals surface area contributed by atoms with Crippen LogP contribution in [0, 0.1) is 11.6 Å². The number of anilines is 1. The molecule has 0 aliphatic carbocycles. The second kappa shape index (κ2) is 8.40. The number of carbonyl (C=O) groups excluding carboxylic acids is 1. The van der Waals surface area contributed by atoms with Crippen LogP contribution in [-0.4, -0.2) is 49.8 Å². The minimum absolute atomic E-state index is 0.0620. The minimum atomic E-state index is -0.506. The molecule has 0 bridgehead atoms. The Morgan fingerprint density at radius 2 is 1.77 bits per heavy atom. The van der Waals surface area contributed by atoms with Crippen molar-refractivity contribution < 1.29 is 18.3 Å². The molecule has 0 unspecified atom stereocenters. The highest BCUT2D eigenvalue weighted by atomic mass is 32.2. The van der Waals surface area contributed by atoms with Crippen LogP contribution >= 0.6 is 11.8 Å². The van der Waals surface area contributed by atoms with Gasteiger partial charge in [0.1, 0.15) is 17.4 Å². The fraction of sp³-hybridized carbons (Fsp3) is 0.316. The molecule has 0 N–H and O–H groups in total. The first-order valence-corrected chi connectivity index (χ1v) is 9.30. The average molecular weight is 378 g/mol. The van der Waals surface area contributed by atoms with Crippen LogP contribution in [0.25, 0.3) is 0 Å². The van der Waals surface area contributed by atoms with E-state index < -0.39 is 11.6 Å². The molecule has 7 heteroatoms. The van der Waals surface area contributed by atoms with Crippen molar-refractivity contribution in [3.8, 4) is 5.75 Å². The van der Waals surface area contributed by atoms with Gasteiger partial charge in [-0.05, 0) is 42.5 Å². The first-order chi connectivity index (χ1) is 12.6. The molecule has 0 radical (unpaired) electrons. The third-order valence-electron chi connectivity index (χ3n) is 4.31. The van der Waals surface area contributed by atoms with Crippen LogP contribution in [0.5, 0.6) is 5.75 Å². The van der Waals surface area contributed by atoms with Gasteiger partial charge in [-0.3, -0.25) is 4.79 Å². The molecule has 1 amide bonds. The van der Waals surface area contributed by atoms with Gasteiger partial charge >= 0.3 is 0 Å². The fourth-order valence-corrected chi connectivity index (χ4v) is 3.69. The monoisotopic (exact) mass is 378 g/mol. The number of hydrogen-bond donors (Lipinski definition) is 0. The molecule has 0 spiro atoms. The normalized spacial score (nSPS) is 14.4. The van der Waals surface area contributed by atoms with E-state index in [1.54, 1.807) is 12.0 Å². The summed E-state index contributed by atoms with van der Waals surface area (Å²) in [6.45, 7) is 2.68. The summed E-state index contributed by atoms with van der Waals surface area (Å²) in [5.41, 5.74) is 1.09. The summed E-state index contributed by atoms with van der Waals surface area (Å²) in [5, 5.41) is 0. The molecule has 0 saturated carbocycles. The predicted octanol–water partition coefficient (Wildman–Crippen LogP) is 3.41. The number of benzene rings is 2. The van der Waals surface area contributed by atoms with E-state index in [9.17, 15) is 13.6 Å². The van der Waals surface area contributed by atoms with Crippen LogP contribution in [-0.2, 0) is 4.79 Å². The number of hydrogen-bond acceptors (Lipinski definition) is 4. The Bertz CT molecular complexity index is 763. The molecule has 2 aromatic rings. The zero-order valence-electron chi connectivity index (χ0n) is 14.5. The van der Waals surface area contributed by atoms with Crippen LogP contribution in [0.3, 0.4) is 0 Å². The molecule has 1 fully saturated rings. The van der Waals surface area contributed by atoms with Crippen molar-refractivity contribution in [2.45, 2.75) is 4.90 Å². The van der Waals surface area contributed by atoms with E-state index in [4.69, 9.17) is 4.74 Å². The van der Waals surface area contributed by atoms with Gasteiger partial charge in [0.15, 0.2) is 0 Å². The maximum atomic E-state index is 13.6. The summed E-state index contributed by atoms with van der Waals surface area (Å²) in [6, 6.07) is 11.1. The molecular weight excluding hydrogens is 358 g/mol. The maximum absolute atomic E-state index is 13.6. The van der Waals surface area contributed by atoms with Crippen molar-refractivity contribution in [3.63, 3.8) is 0 Å². The van der Waals surface area contributed by atoms with Gasteiger partial charge in [-0.2, -0.15) is 0 Å². The second-order valence-electron chi connectivity index (χ2n) is 5.93. The number of ether oxygens (including phenoxy) is 1. The van der Waals surface area contributed by atoms with Gasteiger partial charge in [0.2, 0.25) is 5.91 Å². The van der Waals surface area contributed by atoms with Crippen LogP contribution in [0.15, 0.2) is 47.4 Å². The van der Waals surface area contributed by atoms with Crippen LogP contribution < -0.4 is 9.64 Å². The minimum Gasteiger partial charge on any atom is -0.497 e. The highest BCUT2D eigenvalue weighted by Crippen LogP contribution is 2.24. The van der Waals surface area contributed by atoms with Crippen LogP contribution in [0.4, 0.5) is 14.5 Å². The number of nitrogens with zero attached hydrogens (tertiary/aromatic N) is 2. The van der Waals surface area contributed by atoms with E-state index in [0.717, 1.165) is 54.5 Å². The fourth-order valence-electron chi connectivity index (χ4n) is 2.83. The standard InChI is InChI=1S/C19H20F2N2O2S/c1-25-16-5-3-15(4-6-16)22-8-10-23(11-9-22)19(24)13-26-18-12-14(20)2-7-17(18)21/h2-7,12H,8-11,13H2,1H3. The van der Waals surface area contributed by atoms with Gasteiger partial charge in [-0.25, -0.2) is 8.78 Å². The smallest absolute Gasteiger partial charge is 0.233 e. The summed E-state index contributed by atoms with van der Waals surface area (Å²) in [6.07, 6.45) is 0. The second-order valence-corrected chi connectivity index (χ2v) is 6.95. The third-order valence-corrected chi connectivity index (χ3v) is 5.33. The lowest BCUT2D eigenvalue weighted by molar-refractivity contribution is -0.128.